The van der Waals surface area contributed by atoms with E-state index < -0.39 is 0 Å². The molecule has 0 unspecified atom stereocenters. The van der Waals surface area contributed by atoms with Gasteiger partial charge in [-0.3, -0.25) is 0 Å². The number of rotatable bonds is 4. The molecule has 1 aromatic carbocycles. The Labute approximate surface area is 107 Å². The summed E-state index contributed by atoms with van der Waals surface area (Å²) < 4.78 is 15.7. The van der Waals surface area contributed by atoms with Gasteiger partial charge in [-0.25, -0.2) is 9.37 Å². The van der Waals surface area contributed by atoms with Crippen LogP contribution in [0.15, 0.2) is 24.3 Å². The van der Waals surface area contributed by atoms with Gasteiger partial charge in [0.1, 0.15) is 11.6 Å². The Hall–Kier alpha value is -1.68. The molecule has 0 aliphatic heterocycles. The number of hydrogen-bond acceptors (Lipinski definition) is 2. The van der Waals surface area contributed by atoms with Crippen molar-refractivity contribution in [2.45, 2.75) is 13.3 Å². The average molecular weight is 247 g/mol. The lowest BCUT2D eigenvalue weighted by Crippen LogP contribution is -2.11. The van der Waals surface area contributed by atoms with E-state index in [2.05, 4.69) is 10.3 Å². The van der Waals surface area contributed by atoms with Crippen molar-refractivity contribution in [2.24, 2.45) is 7.05 Å². The van der Waals surface area contributed by atoms with Crippen molar-refractivity contribution < 1.29 is 4.39 Å². The summed E-state index contributed by atoms with van der Waals surface area (Å²) >= 11 is 0. The first kappa shape index (κ1) is 12.8. The minimum Gasteiger partial charge on any atom is -0.331 e. The fraction of sp³-hybridized carbons (Fsp3) is 0.357. The van der Waals surface area contributed by atoms with Crippen molar-refractivity contribution in [1.82, 2.24) is 14.9 Å². The Morgan fingerprint density at radius 2 is 2.06 bits per heavy atom. The normalized spacial score (nSPS) is 10.9. The van der Waals surface area contributed by atoms with Crippen LogP contribution in [0.5, 0.6) is 0 Å². The number of aromatic nitrogens is 2. The second-order valence-electron chi connectivity index (χ2n) is 4.36. The van der Waals surface area contributed by atoms with Crippen LogP contribution in [0, 0.1) is 12.7 Å². The van der Waals surface area contributed by atoms with E-state index in [4.69, 9.17) is 0 Å². The highest BCUT2D eigenvalue weighted by atomic mass is 19.1. The molecule has 0 spiro atoms. The fourth-order valence-corrected chi connectivity index (χ4v) is 2.00. The van der Waals surface area contributed by atoms with Crippen molar-refractivity contribution in [1.29, 1.82) is 0 Å². The lowest BCUT2D eigenvalue weighted by Gasteiger charge is -2.04. The maximum atomic E-state index is 13.8. The minimum atomic E-state index is -0.231. The van der Waals surface area contributed by atoms with Gasteiger partial charge in [-0.15, -0.1) is 0 Å². The molecule has 0 saturated carbocycles. The molecule has 0 bridgehead atoms. The van der Waals surface area contributed by atoms with E-state index in [0.29, 0.717) is 11.4 Å². The topological polar surface area (TPSA) is 29.9 Å². The molecule has 1 heterocycles. The molecule has 0 amide bonds. The van der Waals surface area contributed by atoms with Gasteiger partial charge in [-0.05, 0) is 26.1 Å². The molecule has 0 aliphatic rings. The summed E-state index contributed by atoms with van der Waals surface area (Å²) in [6.07, 6.45) is 0.852. The maximum Gasteiger partial charge on any atom is 0.143 e. The van der Waals surface area contributed by atoms with E-state index in [1.165, 1.54) is 6.07 Å². The highest BCUT2D eigenvalue weighted by Crippen LogP contribution is 2.23. The van der Waals surface area contributed by atoms with Gasteiger partial charge in [0.2, 0.25) is 0 Å². The monoisotopic (exact) mass is 247 g/mol. The number of nitrogens with one attached hydrogen (secondary N) is 1. The molecule has 96 valence electrons. The van der Waals surface area contributed by atoms with Gasteiger partial charge in [0.05, 0.1) is 11.3 Å². The molecule has 3 nitrogen and oxygen atoms in total. The third-order valence-electron chi connectivity index (χ3n) is 3.21. The van der Waals surface area contributed by atoms with Crippen molar-refractivity contribution in [3.63, 3.8) is 0 Å². The van der Waals surface area contributed by atoms with Crippen LogP contribution in [0.4, 0.5) is 4.39 Å². The van der Waals surface area contributed by atoms with Gasteiger partial charge in [0, 0.05) is 25.7 Å². The standard InChI is InChI=1S/C14H18FN3/c1-10-13(8-9-16-2)17-14(18(10)3)11-6-4-5-7-12(11)15/h4-7,16H,8-9H2,1-3H3. The molecule has 0 fully saturated rings. The first-order valence-corrected chi connectivity index (χ1v) is 6.07. The Bertz CT molecular complexity index is 546. The van der Waals surface area contributed by atoms with Crippen molar-refractivity contribution >= 4 is 0 Å². The van der Waals surface area contributed by atoms with Crippen LogP contribution in [0.3, 0.4) is 0 Å². The van der Waals surface area contributed by atoms with Crippen LogP contribution in [-0.4, -0.2) is 23.1 Å². The first-order chi connectivity index (χ1) is 8.65. The van der Waals surface area contributed by atoms with E-state index in [0.717, 1.165) is 24.4 Å². The summed E-state index contributed by atoms with van der Waals surface area (Å²) in [4.78, 5) is 4.56. The predicted octanol–water partition coefficient (Wildman–Crippen LogP) is 2.30. The van der Waals surface area contributed by atoms with Gasteiger partial charge in [-0.1, -0.05) is 12.1 Å². The molecule has 0 aliphatic carbocycles. The molecular formula is C14H18FN3. The lowest BCUT2D eigenvalue weighted by molar-refractivity contribution is 0.628. The van der Waals surface area contributed by atoms with Gasteiger partial charge in [0.15, 0.2) is 0 Å². The van der Waals surface area contributed by atoms with E-state index in [9.17, 15) is 4.39 Å². The highest BCUT2D eigenvalue weighted by molar-refractivity contribution is 5.57. The molecule has 1 aromatic heterocycles. The number of imidazole rings is 1. The molecule has 2 aromatic rings. The van der Waals surface area contributed by atoms with Crippen LogP contribution < -0.4 is 5.32 Å². The average Bonchev–Trinajstić information content (AvgIpc) is 2.65. The molecule has 4 heteroatoms. The fourth-order valence-electron chi connectivity index (χ4n) is 2.00. The van der Waals surface area contributed by atoms with Gasteiger partial charge >= 0.3 is 0 Å². The van der Waals surface area contributed by atoms with Crippen LogP contribution in [0.2, 0.25) is 0 Å². The van der Waals surface area contributed by atoms with Crippen molar-refractivity contribution in [3.8, 4) is 11.4 Å². The number of nitrogens with zero attached hydrogens (tertiary/aromatic N) is 2. The van der Waals surface area contributed by atoms with Crippen LogP contribution in [0.1, 0.15) is 11.4 Å². The first-order valence-electron chi connectivity index (χ1n) is 6.07. The number of benzene rings is 1. The summed E-state index contributed by atoms with van der Waals surface area (Å²) in [5, 5.41) is 3.10. The summed E-state index contributed by atoms with van der Waals surface area (Å²) in [5.74, 6) is 0.461. The highest BCUT2D eigenvalue weighted by Gasteiger charge is 2.14. The Morgan fingerprint density at radius 1 is 1.33 bits per heavy atom. The second-order valence-corrected chi connectivity index (χ2v) is 4.36. The SMILES string of the molecule is CNCCc1nc(-c2ccccc2F)n(C)c1C. The summed E-state index contributed by atoms with van der Waals surface area (Å²) in [6.45, 7) is 2.89. The van der Waals surface area contributed by atoms with Crippen molar-refractivity contribution in [3.05, 3.63) is 41.5 Å². The predicted molar refractivity (Wildman–Crippen MR) is 71.0 cm³/mol. The Morgan fingerprint density at radius 3 is 2.72 bits per heavy atom. The third-order valence-corrected chi connectivity index (χ3v) is 3.21. The minimum absolute atomic E-state index is 0.231. The number of halogens is 1. The summed E-state index contributed by atoms with van der Waals surface area (Å²) in [5.41, 5.74) is 2.66. The number of likely N-dealkylation sites (N-methyl/N-ethyl adjacent to an activating group) is 1. The van der Waals surface area contributed by atoms with E-state index >= 15 is 0 Å². The van der Waals surface area contributed by atoms with Gasteiger partial charge < -0.3 is 9.88 Å². The van der Waals surface area contributed by atoms with E-state index in [1.54, 1.807) is 12.1 Å². The third kappa shape index (κ3) is 2.29. The van der Waals surface area contributed by atoms with Crippen LogP contribution in [-0.2, 0) is 13.5 Å². The Balaban J connectivity index is 2.43. The molecule has 2 rings (SSSR count). The van der Waals surface area contributed by atoms with Crippen LogP contribution in [0.25, 0.3) is 11.4 Å². The zero-order chi connectivity index (χ0) is 13.1. The lowest BCUT2D eigenvalue weighted by atomic mass is 10.2. The smallest absolute Gasteiger partial charge is 0.143 e. The second kappa shape index (κ2) is 5.31. The van der Waals surface area contributed by atoms with Crippen LogP contribution >= 0.6 is 0 Å². The summed E-state index contributed by atoms with van der Waals surface area (Å²) in [7, 11) is 3.84. The van der Waals surface area contributed by atoms with E-state index in [-0.39, 0.29) is 5.82 Å². The summed E-state index contributed by atoms with van der Waals surface area (Å²) in [6, 6.07) is 6.75. The molecule has 0 saturated heterocycles. The molecule has 18 heavy (non-hydrogen) atoms. The maximum absolute atomic E-state index is 13.8. The van der Waals surface area contributed by atoms with Crippen molar-refractivity contribution in [2.75, 3.05) is 13.6 Å². The largest absolute Gasteiger partial charge is 0.331 e. The zero-order valence-corrected chi connectivity index (χ0v) is 11.0. The zero-order valence-electron chi connectivity index (χ0n) is 11.0. The molecule has 0 radical (unpaired) electrons. The quantitative estimate of drug-likeness (QED) is 0.898. The Kier molecular flexibility index (Phi) is 3.77. The molecule has 0 atom stereocenters. The van der Waals surface area contributed by atoms with Gasteiger partial charge in [0.25, 0.3) is 0 Å². The van der Waals surface area contributed by atoms with E-state index in [1.807, 2.05) is 31.7 Å². The number of hydrogen-bond donors (Lipinski definition) is 1. The molecule has 1 N–H and O–H groups in total. The molecular weight excluding hydrogens is 229 g/mol. The van der Waals surface area contributed by atoms with Gasteiger partial charge in [-0.2, -0.15) is 0 Å².